The number of halogens is 1. The largest absolute Gasteiger partial charge is 0.496 e. The molecule has 2 fully saturated rings. The Balaban J connectivity index is 1.66. The van der Waals surface area contributed by atoms with E-state index < -0.39 is 23.7 Å². The maximum Gasteiger partial charge on any atom is 0.312 e. The number of hydrogen-bond acceptors (Lipinski definition) is 4. The second kappa shape index (κ2) is 6.46. The van der Waals surface area contributed by atoms with Crippen LogP contribution in [0.25, 0.3) is 0 Å². The topological polar surface area (TPSA) is 87.7 Å². The predicted octanol–water partition coefficient (Wildman–Crippen LogP) is -0.0601. The smallest absolute Gasteiger partial charge is 0.312 e. The van der Waals surface area contributed by atoms with Gasteiger partial charge in [-0.3, -0.25) is 14.4 Å². The van der Waals surface area contributed by atoms with E-state index in [9.17, 15) is 18.8 Å². The molecule has 2 atom stereocenters. The Morgan fingerprint density at radius 2 is 2.21 bits per heavy atom. The second-order valence-electron chi connectivity index (χ2n) is 5.84. The van der Waals surface area contributed by atoms with Crippen LogP contribution in [0.5, 0.6) is 5.75 Å². The van der Waals surface area contributed by atoms with Crippen molar-refractivity contribution in [2.45, 2.75) is 31.5 Å². The summed E-state index contributed by atoms with van der Waals surface area (Å²) in [7, 11) is 1.44. The summed E-state index contributed by atoms with van der Waals surface area (Å²) in [6.07, 6.45) is 1.26. The van der Waals surface area contributed by atoms with Crippen molar-refractivity contribution in [3.05, 3.63) is 29.6 Å². The van der Waals surface area contributed by atoms with Gasteiger partial charge in [0.15, 0.2) is 0 Å². The van der Waals surface area contributed by atoms with Gasteiger partial charge < -0.3 is 20.3 Å². The summed E-state index contributed by atoms with van der Waals surface area (Å²) in [6, 6.07) is 3.22. The van der Waals surface area contributed by atoms with E-state index in [0.29, 0.717) is 30.7 Å². The molecule has 2 heterocycles. The van der Waals surface area contributed by atoms with Gasteiger partial charge >= 0.3 is 11.8 Å². The van der Waals surface area contributed by atoms with Gasteiger partial charge in [0.2, 0.25) is 5.91 Å². The summed E-state index contributed by atoms with van der Waals surface area (Å²) in [6.45, 7) is 0.326. The molecule has 0 radical (unpaired) electrons. The van der Waals surface area contributed by atoms with Crippen LogP contribution in [0.1, 0.15) is 18.4 Å². The van der Waals surface area contributed by atoms with Crippen molar-refractivity contribution in [2.24, 2.45) is 0 Å². The minimum Gasteiger partial charge on any atom is -0.496 e. The molecular formula is C16H18FN3O4. The standard InChI is InChI=1S/C16H18FN3O4/c1-24-13-5-2-10(17)6-9(13)7-18-15(22)16(23)20-11-3-4-12(20)14(21)19-8-11/h2,5-6,11-12H,3-4,7-8H2,1H3,(H,18,22)(H,19,21). The molecule has 2 aliphatic rings. The number of benzene rings is 1. The quantitative estimate of drug-likeness (QED) is 0.758. The number of ether oxygens (including phenoxy) is 1. The number of rotatable bonds is 3. The molecule has 2 saturated heterocycles. The summed E-state index contributed by atoms with van der Waals surface area (Å²) in [5.74, 6) is -1.81. The number of carbonyl (C=O) groups is 3. The van der Waals surface area contributed by atoms with Gasteiger partial charge in [-0.05, 0) is 31.0 Å². The minimum absolute atomic E-state index is 0.0408. The highest BCUT2D eigenvalue weighted by molar-refractivity contribution is 6.35. The maximum atomic E-state index is 13.3. The van der Waals surface area contributed by atoms with Crippen LogP contribution >= 0.6 is 0 Å². The SMILES string of the molecule is COc1ccc(F)cc1CNC(=O)C(=O)N1C2CCC1C(=O)NC2. The number of nitrogens with one attached hydrogen (secondary N) is 2. The fourth-order valence-corrected chi connectivity index (χ4v) is 3.24. The zero-order valence-electron chi connectivity index (χ0n) is 13.2. The van der Waals surface area contributed by atoms with Crippen molar-refractivity contribution in [1.29, 1.82) is 0 Å². The molecule has 3 amide bonds. The molecule has 24 heavy (non-hydrogen) atoms. The average molecular weight is 335 g/mol. The van der Waals surface area contributed by atoms with Crippen molar-refractivity contribution in [3.63, 3.8) is 0 Å². The van der Waals surface area contributed by atoms with Crippen LogP contribution in [0.15, 0.2) is 18.2 Å². The average Bonchev–Trinajstić information content (AvgIpc) is 2.91. The molecule has 128 valence electrons. The highest BCUT2D eigenvalue weighted by Gasteiger charge is 2.46. The van der Waals surface area contributed by atoms with Gasteiger partial charge in [-0.15, -0.1) is 0 Å². The second-order valence-corrected chi connectivity index (χ2v) is 5.84. The van der Waals surface area contributed by atoms with Gasteiger partial charge in [0.25, 0.3) is 0 Å². The third-order valence-electron chi connectivity index (χ3n) is 4.43. The summed E-state index contributed by atoms with van der Waals surface area (Å²) >= 11 is 0. The molecule has 0 aliphatic carbocycles. The van der Waals surface area contributed by atoms with Gasteiger partial charge in [0.05, 0.1) is 13.2 Å². The van der Waals surface area contributed by atoms with Gasteiger partial charge in [-0.1, -0.05) is 0 Å². The molecule has 8 heteroatoms. The zero-order chi connectivity index (χ0) is 17.3. The number of fused-ring (bicyclic) bond motifs is 2. The van der Waals surface area contributed by atoms with Crippen molar-refractivity contribution in [2.75, 3.05) is 13.7 Å². The number of amides is 3. The van der Waals surface area contributed by atoms with Crippen LogP contribution in [0.3, 0.4) is 0 Å². The van der Waals surface area contributed by atoms with E-state index in [1.807, 2.05) is 0 Å². The third kappa shape index (κ3) is 2.91. The molecule has 0 saturated carbocycles. The number of piperazine rings is 1. The molecule has 0 aromatic heterocycles. The van der Waals surface area contributed by atoms with Gasteiger partial charge in [-0.25, -0.2) is 4.39 Å². The molecule has 1 aromatic rings. The van der Waals surface area contributed by atoms with Crippen LogP contribution in [-0.2, 0) is 20.9 Å². The summed E-state index contributed by atoms with van der Waals surface area (Å²) < 4.78 is 18.4. The number of nitrogens with zero attached hydrogens (tertiary/aromatic N) is 1. The molecule has 2 bridgehead atoms. The van der Waals surface area contributed by atoms with Crippen molar-refractivity contribution in [1.82, 2.24) is 15.5 Å². The first kappa shape index (κ1) is 16.2. The highest BCUT2D eigenvalue weighted by Crippen LogP contribution is 2.27. The van der Waals surface area contributed by atoms with Crippen molar-refractivity contribution >= 4 is 17.7 Å². The first-order valence-electron chi connectivity index (χ1n) is 7.72. The Morgan fingerprint density at radius 3 is 2.96 bits per heavy atom. The highest BCUT2D eigenvalue weighted by atomic mass is 19.1. The molecule has 3 rings (SSSR count). The summed E-state index contributed by atoms with van der Waals surface area (Å²) in [5.41, 5.74) is 0.429. The maximum absolute atomic E-state index is 13.3. The molecule has 7 nitrogen and oxygen atoms in total. The van der Waals surface area contributed by atoms with Crippen LogP contribution in [0.2, 0.25) is 0 Å². The molecule has 2 aliphatic heterocycles. The molecule has 1 aromatic carbocycles. The van der Waals surface area contributed by atoms with Crippen molar-refractivity contribution in [3.8, 4) is 5.75 Å². The summed E-state index contributed by atoms with van der Waals surface area (Å²) in [5, 5.41) is 5.20. The zero-order valence-corrected chi connectivity index (χ0v) is 13.2. The number of hydrogen-bond donors (Lipinski definition) is 2. The Kier molecular flexibility index (Phi) is 4.37. The fourth-order valence-electron chi connectivity index (χ4n) is 3.24. The van der Waals surface area contributed by atoms with E-state index in [1.54, 1.807) is 0 Å². The molecule has 2 unspecified atom stereocenters. The van der Waals surface area contributed by atoms with Crippen LogP contribution in [-0.4, -0.2) is 48.4 Å². The van der Waals surface area contributed by atoms with E-state index >= 15 is 0 Å². The number of carbonyl (C=O) groups excluding carboxylic acids is 3. The van der Waals surface area contributed by atoms with E-state index in [-0.39, 0.29) is 18.5 Å². The third-order valence-corrected chi connectivity index (χ3v) is 4.43. The Hall–Kier alpha value is -2.64. The first-order valence-corrected chi connectivity index (χ1v) is 7.72. The number of methoxy groups -OCH3 is 1. The van der Waals surface area contributed by atoms with Gasteiger partial charge in [-0.2, -0.15) is 0 Å². The molecule has 2 N–H and O–H groups in total. The lowest BCUT2D eigenvalue weighted by atomic mass is 10.2. The Labute approximate surface area is 138 Å². The molecular weight excluding hydrogens is 317 g/mol. The van der Waals surface area contributed by atoms with E-state index in [0.717, 1.165) is 0 Å². The normalized spacial score (nSPS) is 22.1. The Bertz CT molecular complexity index is 694. The predicted molar refractivity (Wildman–Crippen MR) is 81.5 cm³/mol. The Morgan fingerprint density at radius 1 is 1.42 bits per heavy atom. The van der Waals surface area contributed by atoms with Crippen LogP contribution in [0, 0.1) is 5.82 Å². The lowest BCUT2D eigenvalue weighted by Gasteiger charge is -2.33. The van der Waals surface area contributed by atoms with Gasteiger partial charge in [0, 0.05) is 18.7 Å². The molecule has 0 spiro atoms. The van der Waals surface area contributed by atoms with Crippen molar-refractivity contribution < 1.29 is 23.5 Å². The minimum atomic E-state index is -0.812. The summed E-state index contributed by atoms with van der Waals surface area (Å²) in [4.78, 5) is 37.7. The fraction of sp³-hybridized carbons (Fsp3) is 0.438. The van der Waals surface area contributed by atoms with Crippen LogP contribution in [0.4, 0.5) is 4.39 Å². The first-order chi connectivity index (χ1) is 11.5. The van der Waals surface area contributed by atoms with Crippen LogP contribution < -0.4 is 15.4 Å². The van der Waals surface area contributed by atoms with E-state index in [4.69, 9.17) is 4.74 Å². The monoisotopic (exact) mass is 335 g/mol. The van der Waals surface area contributed by atoms with Gasteiger partial charge in [0.1, 0.15) is 17.6 Å². The van der Waals surface area contributed by atoms with E-state index in [2.05, 4.69) is 10.6 Å². The lowest BCUT2D eigenvalue weighted by molar-refractivity contribution is -0.151. The lowest BCUT2D eigenvalue weighted by Crippen LogP contribution is -2.60. The van der Waals surface area contributed by atoms with E-state index in [1.165, 1.54) is 30.2 Å².